The van der Waals surface area contributed by atoms with E-state index in [-0.39, 0.29) is 47.7 Å². The number of azide groups is 1. The summed E-state index contributed by atoms with van der Waals surface area (Å²) < 4.78 is 47.9. The number of esters is 1. The molecule has 2 N–H and O–H groups in total. The Morgan fingerprint density at radius 2 is 1.81 bits per heavy atom. The minimum absolute atomic E-state index is 0.0145. The van der Waals surface area contributed by atoms with E-state index >= 15 is 0 Å². The number of amides is 3. The second-order valence-corrected chi connectivity index (χ2v) is 25.6. The molecule has 75 heavy (non-hydrogen) atoms. The number of hydrogen-bond donors (Lipinski definition) is 2. The number of methoxy groups -OCH3 is 2. The van der Waals surface area contributed by atoms with Crippen LogP contribution in [0.15, 0.2) is 65.3 Å². The molecule has 0 saturated carbocycles. The van der Waals surface area contributed by atoms with Gasteiger partial charge in [-0.1, -0.05) is 87.3 Å². The number of rotatable bonds is 19. The van der Waals surface area contributed by atoms with Crippen molar-refractivity contribution in [1.82, 2.24) is 10.2 Å². The lowest BCUT2D eigenvalue weighted by molar-refractivity contribution is -0.162. The summed E-state index contributed by atoms with van der Waals surface area (Å²) in [6.45, 7) is 15.9. The van der Waals surface area contributed by atoms with Gasteiger partial charge in [-0.15, -0.1) is 0 Å². The van der Waals surface area contributed by atoms with Crippen LogP contribution in [-0.4, -0.2) is 137 Å². The fourth-order valence-electron chi connectivity index (χ4n) is 9.31. The molecule has 0 radical (unpaired) electrons. The molecular weight excluding hydrogens is 1030 g/mol. The highest BCUT2D eigenvalue weighted by Gasteiger charge is 2.64. The van der Waals surface area contributed by atoms with Gasteiger partial charge < -0.3 is 52.2 Å². The number of thioether (sulfide) groups is 1. The minimum Gasteiger partial charge on any atom is -0.520 e. The van der Waals surface area contributed by atoms with Crippen molar-refractivity contribution in [2.24, 2.45) is 11.0 Å². The Morgan fingerprint density at radius 3 is 2.45 bits per heavy atom. The monoisotopic (exact) mass is 1100 g/mol. The molecule has 3 aliphatic heterocycles. The van der Waals surface area contributed by atoms with Gasteiger partial charge in [0, 0.05) is 74.9 Å². The molecule has 5 rings (SSSR count). The van der Waals surface area contributed by atoms with Crippen LogP contribution in [0.3, 0.4) is 0 Å². The minimum atomic E-state index is -2.75. The van der Waals surface area contributed by atoms with Gasteiger partial charge in [-0.3, -0.25) is 14.9 Å². The molecule has 2 saturated heterocycles. The number of nitrogens with one attached hydrogen (secondary N) is 1. The lowest BCUT2D eigenvalue weighted by Gasteiger charge is -2.42. The maximum atomic E-state index is 14.4. The highest BCUT2D eigenvalue weighted by Crippen LogP contribution is 2.49. The van der Waals surface area contributed by atoms with Crippen LogP contribution >= 0.6 is 23.4 Å². The van der Waals surface area contributed by atoms with Crippen LogP contribution in [-0.2, 0) is 55.5 Å². The Morgan fingerprint density at radius 1 is 1.12 bits per heavy atom. The number of ether oxygens (including phenoxy) is 6. The standard InChI is InChI=1S/C52H73ClN6O14SSi/c1-31(2)75(32(3)4,69-23-14-22-55-57-54)73-38-19-17-36(18-20-38)30-68-50(64)74-24-21-44(60)58(9)35(7)48(62)71-43-28-45(61)59(10)39-26-37(27-40(66-11)46(39)53)25-33(5)15-13-16-42(67-12)52(65)29-41(70-49(63)56-52)34(6)47-51(43,8)72-47/h13,15-20,26-27,31-32,34-35,41-43,47,65H,14,21-25,28-30H2,1-12H3,(H,56,63)/b16-13+,33-15+/t34?,35-,41-,42+,43-,47-,51-,52-/m0/s1. The molecule has 3 heterocycles. The van der Waals surface area contributed by atoms with Crippen LogP contribution in [0.2, 0.25) is 16.1 Å². The van der Waals surface area contributed by atoms with Gasteiger partial charge in [0.15, 0.2) is 5.72 Å². The van der Waals surface area contributed by atoms with E-state index in [1.54, 1.807) is 69.4 Å². The van der Waals surface area contributed by atoms with Crippen LogP contribution in [0.4, 0.5) is 15.3 Å². The Bertz CT molecular complexity index is 2470. The smallest absolute Gasteiger partial charge is 0.409 e. The Hall–Kier alpha value is -5.32. The molecule has 1 unspecified atom stereocenters. The normalized spacial score (nSPS) is 25.6. The average Bonchev–Trinajstić information content (AvgIpc) is 4.07. The zero-order valence-corrected chi connectivity index (χ0v) is 47.5. The number of benzene rings is 2. The number of carbonyl (C=O) groups excluding carboxylic acids is 5. The summed E-state index contributed by atoms with van der Waals surface area (Å²) in [5, 5.41) is 17.6. The number of anilines is 1. The molecule has 8 atom stereocenters. The fourth-order valence-corrected chi connectivity index (χ4v) is 13.7. The molecule has 412 valence electrons. The van der Waals surface area contributed by atoms with Gasteiger partial charge in [-0.05, 0) is 86.3 Å². The summed E-state index contributed by atoms with van der Waals surface area (Å²) in [7, 11) is 3.13. The first-order valence-corrected chi connectivity index (χ1v) is 28.3. The van der Waals surface area contributed by atoms with Crippen LogP contribution in [0, 0.1) is 5.92 Å². The number of nitrogens with zero attached hydrogens (tertiary/aromatic N) is 5. The van der Waals surface area contributed by atoms with E-state index in [2.05, 4.69) is 43.0 Å². The summed E-state index contributed by atoms with van der Waals surface area (Å²) in [6, 6.07) is 9.62. The number of aliphatic hydroxyl groups is 1. The Balaban J connectivity index is 1.24. The fraction of sp³-hybridized carbons (Fsp3) is 0.596. The second kappa shape index (κ2) is 26.6. The number of epoxide rings is 1. The molecule has 0 spiro atoms. The zero-order chi connectivity index (χ0) is 55.4. The largest absolute Gasteiger partial charge is 0.520 e. The third-order valence-electron chi connectivity index (χ3n) is 14.0. The summed E-state index contributed by atoms with van der Waals surface area (Å²) in [4.78, 5) is 73.1. The van der Waals surface area contributed by atoms with Gasteiger partial charge in [0.1, 0.15) is 53.1 Å². The van der Waals surface area contributed by atoms with Crippen LogP contribution in [0.25, 0.3) is 10.4 Å². The number of carbonyl (C=O) groups is 5. The molecule has 0 aliphatic carbocycles. The maximum Gasteiger partial charge on any atom is 0.409 e. The number of fused-ring (bicyclic) bond motifs is 5. The molecule has 2 fully saturated rings. The SMILES string of the molecule is COc1cc2cc(c1Cl)N(C)C(=O)C[C@H](OC(=O)[C@H](C)N(C)C(=O)CCSC(=O)OCc1ccc(O[Si](OCCCN=[N+]=[N-])(C(C)C)C(C)C)cc1)[C@]1(C)O[C@H]1C(C)[C@@H]1C[C@@](O)(NC(=O)O1)[C@H](OC)/C=C/C=C(\C)C2. The third-order valence-corrected chi connectivity index (χ3v) is 19.6. The molecular formula is C52H73ClN6O14SSi. The summed E-state index contributed by atoms with van der Waals surface area (Å²) >= 11 is 7.64. The second-order valence-electron chi connectivity index (χ2n) is 20.0. The Kier molecular flexibility index (Phi) is 21.5. The number of allylic oxidation sites excluding steroid dienone is 3. The van der Waals surface area contributed by atoms with E-state index in [0.29, 0.717) is 43.2 Å². The quantitative estimate of drug-likeness (QED) is 0.0194. The molecule has 2 aromatic carbocycles. The summed E-state index contributed by atoms with van der Waals surface area (Å²) in [6.07, 6.45) is 0.903. The molecule has 20 nitrogen and oxygen atoms in total. The van der Waals surface area contributed by atoms with Crippen LogP contribution in [0.5, 0.6) is 11.5 Å². The first-order chi connectivity index (χ1) is 35.4. The van der Waals surface area contributed by atoms with Crippen molar-refractivity contribution in [1.29, 1.82) is 0 Å². The molecule has 4 bridgehead atoms. The predicted molar refractivity (Wildman–Crippen MR) is 286 cm³/mol. The number of hydrogen-bond acceptors (Lipinski definition) is 16. The summed E-state index contributed by atoms with van der Waals surface area (Å²) in [5.41, 5.74) is 8.42. The highest BCUT2D eigenvalue weighted by atomic mass is 35.5. The van der Waals surface area contributed by atoms with Gasteiger partial charge in [-0.25, -0.2) is 14.4 Å². The summed E-state index contributed by atoms with van der Waals surface area (Å²) in [5.74, 6) is -1.33. The average molecular weight is 1100 g/mol. The molecule has 23 heteroatoms. The first kappa shape index (κ1) is 60.5. The van der Waals surface area contributed by atoms with Crippen LogP contribution < -0.4 is 19.4 Å². The number of likely N-dealkylation sites (N-methyl/N-ethyl adjacent to an activating group) is 1. The van der Waals surface area contributed by atoms with Crippen molar-refractivity contribution in [3.05, 3.63) is 86.8 Å². The molecule has 3 amide bonds. The lowest BCUT2D eigenvalue weighted by Crippen LogP contribution is -2.63. The van der Waals surface area contributed by atoms with E-state index in [4.69, 9.17) is 54.4 Å². The van der Waals surface area contributed by atoms with Crippen molar-refractivity contribution in [2.45, 2.75) is 147 Å². The van der Waals surface area contributed by atoms with E-state index < -0.39 is 85.4 Å². The van der Waals surface area contributed by atoms with Crippen molar-refractivity contribution >= 4 is 66.8 Å². The van der Waals surface area contributed by atoms with Crippen molar-refractivity contribution in [2.75, 3.05) is 52.1 Å². The third kappa shape index (κ3) is 15.2. The van der Waals surface area contributed by atoms with Crippen molar-refractivity contribution in [3.63, 3.8) is 0 Å². The van der Waals surface area contributed by atoms with E-state index in [0.717, 1.165) is 28.5 Å². The number of alkyl carbamates (subject to hydrolysis) is 1. The van der Waals surface area contributed by atoms with E-state index in [9.17, 15) is 29.1 Å². The topological polar surface area (TPSA) is 250 Å². The zero-order valence-electron chi connectivity index (χ0n) is 45.0. The van der Waals surface area contributed by atoms with Gasteiger partial charge in [0.05, 0.1) is 25.3 Å². The predicted octanol–water partition coefficient (Wildman–Crippen LogP) is 9.33. The van der Waals surface area contributed by atoms with E-state index in [1.165, 1.54) is 38.0 Å². The van der Waals surface area contributed by atoms with Gasteiger partial charge in [0.25, 0.3) is 0 Å². The molecule has 0 aromatic heterocycles. The number of halogens is 1. The lowest BCUT2D eigenvalue weighted by atomic mass is 9.83. The van der Waals surface area contributed by atoms with E-state index in [1.807, 2.05) is 13.0 Å². The highest BCUT2D eigenvalue weighted by molar-refractivity contribution is 8.13. The molecule has 2 aromatic rings. The van der Waals surface area contributed by atoms with Gasteiger partial charge in [0.2, 0.25) is 11.8 Å². The molecule has 3 aliphatic rings. The van der Waals surface area contributed by atoms with Gasteiger partial charge >= 0.3 is 25.9 Å². The Labute approximate surface area is 449 Å². The van der Waals surface area contributed by atoms with Crippen LogP contribution in [0.1, 0.15) is 92.2 Å². The van der Waals surface area contributed by atoms with Crippen molar-refractivity contribution in [3.8, 4) is 11.5 Å². The van der Waals surface area contributed by atoms with Gasteiger partial charge in [-0.2, -0.15) is 0 Å². The maximum absolute atomic E-state index is 14.4. The van der Waals surface area contributed by atoms with Crippen molar-refractivity contribution < 1.29 is 66.4 Å². The first-order valence-electron chi connectivity index (χ1n) is 25.0.